The average Bonchev–Trinajstić information content (AvgIpc) is 2.54. The first-order chi connectivity index (χ1) is 9.96. The molecule has 1 amide bonds. The molecule has 0 unspecified atom stereocenters. The molecule has 1 aliphatic heterocycles. The van der Waals surface area contributed by atoms with Gasteiger partial charge >= 0.3 is 0 Å². The molecule has 2 rings (SSSR count). The molecule has 0 bridgehead atoms. The summed E-state index contributed by atoms with van der Waals surface area (Å²) in [7, 11) is 1.51. The summed E-state index contributed by atoms with van der Waals surface area (Å²) in [4.78, 5) is 13.6. The van der Waals surface area contributed by atoms with Gasteiger partial charge in [-0.1, -0.05) is 12.1 Å². The van der Waals surface area contributed by atoms with Crippen molar-refractivity contribution in [2.24, 2.45) is 0 Å². The number of carbonyl (C=O) groups is 1. The molecular weight excluding hydrogens is 345 g/mol. The van der Waals surface area contributed by atoms with Gasteiger partial charge in [-0.3, -0.25) is 4.79 Å². The highest BCUT2D eigenvalue weighted by Gasteiger charge is 2.46. The fraction of sp³-hybridized carbons (Fsp3) is 0.500. The van der Waals surface area contributed by atoms with Crippen molar-refractivity contribution in [2.45, 2.75) is 10.7 Å². The smallest absolute Gasteiger partial charge is 0.274 e. The van der Waals surface area contributed by atoms with Crippen LogP contribution < -0.4 is 4.74 Å². The summed E-state index contributed by atoms with van der Waals surface area (Å²) in [6, 6.07) is 6.24. The number of alkyl halides is 2. The van der Waals surface area contributed by atoms with Crippen molar-refractivity contribution in [1.29, 1.82) is 0 Å². The van der Waals surface area contributed by atoms with Gasteiger partial charge in [0, 0.05) is 13.1 Å². The fourth-order valence-electron chi connectivity index (χ4n) is 2.09. The summed E-state index contributed by atoms with van der Waals surface area (Å²) >= 11 is 2.74. The van der Waals surface area contributed by atoms with Crippen LogP contribution in [0.5, 0.6) is 5.75 Å². The lowest BCUT2D eigenvalue weighted by atomic mass is 10.0. The van der Waals surface area contributed by atoms with E-state index < -0.39 is 16.6 Å². The van der Waals surface area contributed by atoms with E-state index in [1.54, 1.807) is 12.1 Å². The molecule has 0 aromatic heterocycles. The van der Waals surface area contributed by atoms with Crippen molar-refractivity contribution >= 4 is 21.8 Å². The number of ether oxygens (including phenoxy) is 2. The molecule has 1 heterocycles. The average molecular weight is 362 g/mol. The Bertz CT molecular complexity index is 488. The molecule has 1 N–H and O–H groups in total. The van der Waals surface area contributed by atoms with E-state index in [1.165, 1.54) is 24.1 Å². The van der Waals surface area contributed by atoms with Gasteiger partial charge in [-0.25, -0.2) is 4.39 Å². The summed E-state index contributed by atoms with van der Waals surface area (Å²) in [5.74, 6) is -0.210. The van der Waals surface area contributed by atoms with Gasteiger partial charge < -0.3 is 19.5 Å². The lowest BCUT2D eigenvalue weighted by Gasteiger charge is -2.33. The topological polar surface area (TPSA) is 59.0 Å². The minimum absolute atomic E-state index is 0.289. The number of rotatable bonds is 4. The number of hydrogen-bond acceptors (Lipinski definition) is 4. The van der Waals surface area contributed by atoms with Gasteiger partial charge in [0.15, 0.2) is 0 Å². The third kappa shape index (κ3) is 3.53. The number of methoxy groups -OCH3 is 1. The highest BCUT2D eigenvalue weighted by molar-refractivity contribution is 9.10. The SMILES string of the molecule is COc1ccc([C@H](O)[C@@](F)(Br)C(=O)N2CCOCC2)cc1. The molecule has 0 radical (unpaired) electrons. The molecule has 2 atom stereocenters. The molecule has 1 fully saturated rings. The number of amides is 1. The third-order valence-electron chi connectivity index (χ3n) is 3.36. The Morgan fingerprint density at radius 2 is 2.00 bits per heavy atom. The summed E-state index contributed by atoms with van der Waals surface area (Å²) < 4.78 is 22.3. The van der Waals surface area contributed by atoms with Gasteiger partial charge in [-0.2, -0.15) is 0 Å². The summed E-state index contributed by atoms with van der Waals surface area (Å²) in [5, 5.41) is 10.2. The van der Waals surface area contributed by atoms with Gasteiger partial charge in [0.2, 0.25) is 0 Å². The van der Waals surface area contributed by atoms with Crippen LogP contribution in [0.1, 0.15) is 11.7 Å². The molecule has 1 aromatic rings. The van der Waals surface area contributed by atoms with Crippen LogP contribution >= 0.6 is 15.9 Å². The molecular formula is C14H17BrFNO4. The van der Waals surface area contributed by atoms with Crippen molar-refractivity contribution in [3.05, 3.63) is 29.8 Å². The zero-order valence-electron chi connectivity index (χ0n) is 11.6. The Morgan fingerprint density at radius 1 is 1.43 bits per heavy atom. The van der Waals surface area contributed by atoms with Crippen molar-refractivity contribution in [3.8, 4) is 5.75 Å². The van der Waals surface area contributed by atoms with E-state index in [9.17, 15) is 14.3 Å². The molecule has 116 valence electrons. The van der Waals surface area contributed by atoms with E-state index in [0.29, 0.717) is 32.1 Å². The van der Waals surface area contributed by atoms with Gasteiger partial charge in [0.25, 0.3) is 10.5 Å². The Hall–Kier alpha value is -1.18. The number of morpholine rings is 1. The van der Waals surface area contributed by atoms with Gasteiger partial charge in [0.05, 0.1) is 20.3 Å². The molecule has 21 heavy (non-hydrogen) atoms. The maximum absolute atomic E-state index is 14.7. The van der Waals surface area contributed by atoms with Crippen molar-refractivity contribution in [1.82, 2.24) is 4.90 Å². The second-order valence-electron chi connectivity index (χ2n) is 4.70. The molecule has 1 aromatic carbocycles. The largest absolute Gasteiger partial charge is 0.497 e. The van der Waals surface area contributed by atoms with Crippen LogP contribution in [0.25, 0.3) is 0 Å². The zero-order valence-corrected chi connectivity index (χ0v) is 13.2. The second kappa shape index (κ2) is 6.72. The summed E-state index contributed by atoms with van der Waals surface area (Å²) in [6.07, 6.45) is -1.61. The number of nitrogens with zero attached hydrogens (tertiary/aromatic N) is 1. The Balaban J connectivity index is 2.14. The first-order valence-electron chi connectivity index (χ1n) is 6.53. The predicted octanol–water partition coefficient (Wildman–Crippen LogP) is 1.65. The second-order valence-corrected chi connectivity index (χ2v) is 5.86. The van der Waals surface area contributed by atoms with Gasteiger partial charge in [-0.05, 0) is 33.6 Å². The van der Waals surface area contributed by atoms with Crippen LogP contribution in [0.4, 0.5) is 4.39 Å². The monoisotopic (exact) mass is 361 g/mol. The van der Waals surface area contributed by atoms with Crippen LogP contribution in [0.2, 0.25) is 0 Å². The number of aliphatic hydroxyl groups is 1. The quantitative estimate of drug-likeness (QED) is 0.828. The normalized spacial score (nSPS) is 19.7. The number of halogens is 2. The van der Waals surface area contributed by atoms with Crippen LogP contribution in [0.3, 0.4) is 0 Å². The van der Waals surface area contributed by atoms with E-state index in [-0.39, 0.29) is 5.56 Å². The van der Waals surface area contributed by atoms with Crippen LogP contribution in [0, 0.1) is 0 Å². The molecule has 7 heteroatoms. The van der Waals surface area contributed by atoms with E-state index in [2.05, 4.69) is 15.9 Å². The first kappa shape index (κ1) is 16.2. The van der Waals surface area contributed by atoms with Crippen molar-refractivity contribution in [2.75, 3.05) is 33.4 Å². The van der Waals surface area contributed by atoms with E-state index in [0.717, 1.165) is 0 Å². The van der Waals surface area contributed by atoms with E-state index in [1.807, 2.05) is 0 Å². The zero-order chi connectivity index (χ0) is 15.5. The lowest BCUT2D eigenvalue weighted by molar-refractivity contribution is -0.147. The number of carbonyl (C=O) groups excluding carboxylic acids is 1. The summed E-state index contributed by atoms with van der Waals surface area (Å²) in [6.45, 7) is 1.36. The summed E-state index contributed by atoms with van der Waals surface area (Å²) in [5.41, 5.74) is 0.289. The molecule has 1 aliphatic rings. The minimum Gasteiger partial charge on any atom is -0.497 e. The molecule has 0 aliphatic carbocycles. The maximum Gasteiger partial charge on any atom is 0.274 e. The van der Waals surface area contributed by atoms with Gasteiger partial charge in [-0.15, -0.1) is 0 Å². The molecule has 5 nitrogen and oxygen atoms in total. The van der Waals surface area contributed by atoms with Crippen LogP contribution in [-0.4, -0.2) is 53.9 Å². The first-order valence-corrected chi connectivity index (χ1v) is 7.33. The van der Waals surface area contributed by atoms with E-state index in [4.69, 9.17) is 9.47 Å². The molecule has 0 spiro atoms. The highest BCUT2D eigenvalue weighted by atomic mass is 79.9. The Labute approximate surface area is 130 Å². The standard InChI is InChI=1S/C14H17BrFNO4/c1-20-11-4-2-10(3-5-11)12(18)14(15,16)13(19)17-6-8-21-9-7-17/h2-5,12,18H,6-9H2,1H3/t12-,14-/m0/s1. The maximum atomic E-state index is 14.7. The Morgan fingerprint density at radius 3 is 2.52 bits per heavy atom. The predicted molar refractivity (Wildman–Crippen MR) is 78.1 cm³/mol. The lowest BCUT2D eigenvalue weighted by Crippen LogP contribution is -2.50. The third-order valence-corrected chi connectivity index (χ3v) is 4.13. The van der Waals surface area contributed by atoms with Crippen LogP contribution in [-0.2, 0) is 9.53 Å². The van der Waals surface area contributed by atoms with Gasteiger partial charge in [0.1, 0.15) is 11.9 Å². The highest BCUT2D eigenvalue weighted by Crippen LogP contribution is 2.37. The van der Waals surface area contributed by atoms with Crippen molar-refractivity contribution in [3.63, 3.8) is 0 Å². The fourth-order valence-corrected chi connectivity index (χ4v) is 2.60. The number of benzene rings is 1. The van der Waals surface area contributed by atoms with Crippen molar-refractivity contribution < 1.29 is 23.8 Å². The number of hydrogen-bond donors (Lipinski definition) is 1. The molecule has 0 saturated carbocycles. The Kier molecular flexibility index (Phi) is 5.18. The minimum atomic E-state index is -2.57. The molecule has 1 saturated heterocycles. The number of aliphatic hydroxyl groups excluding tert-OH is 1. The van der Waals surface area contributed by atoms with Crippen LogP contribution in [0.15, 0.2) is 24.3 Å². The van der Waals surface area contributed by atoms with E-state index >= 15 is 0 Å².